The molecule has 0 aliphatic rings. The molecule has 90 valence electrons. The quantitative estimate of drug-likeness (QED) is 0.883. The van der Waals surface area contributed by atoms with Crippen LogP contribution in [0, 0.1) is 6.92 Å². The number of benzene rings is 1. The van der Waals surface area contributed by atoms with Crippen LogP contribution in [0.1, 0.15) is 5.56 Å². The first-order chi connectivity index (χ1) is 8.21. The molecule has 0 fully saturated rings. The number of aromatic nitrogens is 1. The third-order valence-corrected chi connectivity index (χ3v) is 2.77. The molecule has 0 saturated carbocycles. The molecule has 1 aromatic carbocycles. The van der Waals surface area contributed by atoms with Gasteiger partial charge >= 0.3 is 0 Å². The summed E-state index contributed by atoms with van der Waals surface area (Å²) in [7, 11) is 5.15. The van der Waals surface area contributed by atoms with Crippen LogP contribution in [-0.2, 0) is 0 Å². The van der Waals surface area contributed by atoms with Crippen LogP contribution >= 0.6 is 0 Å². The van der Waals surface area contributed by atoms with Crippen LogP contribution in [0.5, 0.6) is 11.5 Å². The SMILES string of the molecule is CNc1nc2c(OC)ccc(OC)c2cc1C. The first kappa shape index (κ1) is 11.5. The van der Waals surface area contributed by atoms with Gasteiger partial charge in [0.25, 0.3) is 0 Å². The smallest absolute Gasteiger partial charge is 0.145 e. The third-order valence-electron chi connectivity index (χ3n) is 2.77. The number of fused-ring (bicyclic) bond motifs is 1. The molecule has 0 atom stereocenters. The molecule has 0 unspecified atom stereocenters. The first-order valence-electron chi connectivity index (χ1n) is 5.41. The van der Waals surface area contributed by atoms with E-state index in [2.05, 4.69) is 16.4 Å². The zero-order valence-corrected chi connectivity index (χ0v) is 10.5. The third kappa shape index (κ3) is 1.86. The lowest BCUT2D eigenvalue weighted by atomic mass is 10.1. The molecule has 0 aliphatic heterocycles. The van der Waals surface area contributed by atoms with Crippen molar-refractivity contribution < 1.29 is 9.47 Å². The van der Waals surface area contributed by atoms with Crippen LogP contribution < -0.4 is 14.8 Å². The van der Waals surface area contributed by atoms with Crippen molar-refractivity contribution in [2.24, 2.45) is 0 Å². The van der Waals surface area contributed by atoms with Gasteiger partial charge in [-0.15, -0.1) is 0 Å². The number of hydrogen-bond donors (Lipinski definition) is 1. The van der Waals surface area contributed by atoms with Crippen molar-refractivity contribution in [2.45, 2.75) is 6.92 Å². The maximum atomic E-state index is 5.34. The predicted molar refractivity (Wildman–Crippen MR) is 69.1 cm³/mol. The van der Waals surface area contributed by atoms with Gasteiger partial charge in [-0.2, -0.15) is 0 Å². The summed E-state index contributed by atoms with van der Waals surface area (Å²) in [6.45, 7) is 2.01. The summed E-state index contributed by atoms with van der Waals surface area (Å²) < 4.78 is 10.7. The van der Waals surface area contributed by atoms with Gasteiger partial charge in [-0.1, -0.05) is 0 Å². The minimum Gasteiger partial charge on any atom is -0.496 e. The van der Waals surface area contributed by atoms with Gasteiger partial charge in [0.15, 0.2) is 0 Å². The normalized spacial score (nSPS) is 10.4. The van der Waals surface area contributed by atoms with E-state index < -0.39 is 0 Å². The van der Waals surface area contributed by atoms with Crippen molar-refractivity contribution in [3.8, 4) is 11.5 Å². The van der Waals surface area contributed by atoms with Crippen molar-refractivity contribution in [3.05, 3.63) is 23.8 Å². The standard InChI is InChI=1S/C13H16N2O2/c1-8-7-9-10(16-3)5-6-11(17-4)12(9)15-13(8)14-2/h5-7H,1-4H3,(H,14,15). The van der Waals surface area contributed by atoms with Crippen molar-refractivity contribution in [1.29, 1.82) is 0 Å². The summed E-state index contributed by atoms with van der Waals surface area (Å²) in [5.74, 6) is 2.40. The van der Waals surface area contributed by atoms with Gasteiger partial charge in [-0.3, -0.25) is 0 Å². The molecule has 0 bridgehead atoms. The van der Waals surface area contributed by atoms with Crippen molar-refractivity contribution in [3.63, 3.8) is 0 Å². The van der Waals surface area contributed by atoms with Crippen molar-refractivity contribution >= 4 is 16.7 Å². The van der Waals surface area contributed by atoms with E-state index in [1.54, 1.807) is 14.2 Å². The fraction of sp³-hybridized carbons (Fsp3) is 0.308. The summed E-state index contributed by atoms with van der Waals surface area (Å²) in [5.41, 5.74) is 1.88. The molecule has 4 nitrogen and oxygen atoms in total. The van der Waals surface area contributed by atoms with E-state index >= 15 is 0 Å². The van der Waals surface area contributed by atoms with Crippen molar-refractivity contribution in [1.82, 2.24) is 4.98 Å². The summed E-state index contributed by atoms with van der Waals surface area (Å²) in [6.07, 6.45) is 0. The molecule has 2 rings (SSSR count). The van der Waals surface area contributed by atoms with Gasteiger partial charge in [0.2, 0.25) is 0 Å². The molecular weight excluding hydrogens is 216 g/mol. The zero-order valence-electron chi connectivity index (χ0n) is 10.5. The Labute approximate surface area is 101 Å². The summed E-state index contributed by atoms with van der Waals surface area (Å²) in [5, 5.41) is 4.03. The lowest BCUT2D eigenvalue weighted by Crippen LogP contribution is -1.98. The van der Waals surface area contributed by atoms with E-state index in [0.29, 0.717) is 0 Å². The molecule has 0 amide bonds. The number of nitrogens with one attached hydrogen (secondary N) is 1. The minimum absolute atomic E-state index is 0.748. The zero-order chi connectivity index (χ0) is 12.4. The lowest BCUT2D eigenvalue weighted by Gasteiger charge is -2.12. The number of rotatable bonds is 3. The Hall–Kier alpha value is -1.97. The van der Waals surface area contributed by atoms with E-state index in [1.165, 1.54) is 0 Å². The van der Waals surface area contributed by atoms with Gasteiger partial charge in [-0.25, -0.2) is 4.98 Å². The number of nitrogens with zero attached hydrogens (tertiary/aromatic N) is 1. The highest BCUT2D eigenvalue weighted by Gasteiger charge is 2.11. The second-order valence-corrected chi connectivity index (χ2v) is 3.77. The maximum absolute atomic E-state index is 5.34. The summed E-state index contributed by atoms with van der Waals surface area (Å²) in [6, 6.07) is 5.81. The summed E-state index contributed by atoms with van der Waals surface area (Å²) >= 11 is 0. The second-order valence-electron chi connectivity index (χ2n) is 3.77. The van der Waals surface area contributed by atoms with Crippen LogP contribution in [0.3, 0.4) is 0 Å². The van der Waals surface area contributed by atoms with E-state index in [4.69, 9.17) is 9.47 Å². The lowest BCUT2D eigenvalue weighted by molar-refractivity contribution is 0.410. The number of ether oxygens (including phenoxy) is 2. The average molecular weight is 232 g/mol. The Morgan fingerprint density at radius 3 is 2.35 bits per heavy atom. The average Bonchev–Trinajstić information content (AvgIpc) is 2.36. The maximum Gasteiger partial charge on any atom is 0.145 e. The molecule has 0 saturated heterocycles. The Balaban J connectivity index is 2.81. The number of pyridine rings is 1. The van der Waals surface area contributed by atoms with Crippen LogP contribution in [0.15, 0.2) is 18.2 Å². The molecule has 0 radical (unpaired) electrons. The largest absolute Gasteiger partial charge is 0.496 e. The molecule has 0 aliphatic carbocycles. The van der Waals surface area contributed by atoms with E-state index in [9.17, 15) is 0 Å². The minimum atomic E-state index is 0.748. The second kappa shape index (κ2) is 4.49. The first-order valence-corrected chi connectivity index (χ1v) is 5.41. The Kier molecular flexibility index (Phi) is 3.04. The van der Waals surface area contributed by atoms with E-state index in [0.717, 1.165) is 33.8 Å². The Morgan fingerprint density at radius 1 is 1.12 bits per heavy atom. The van der Waals surface area contributed by atoms with Gasteiger partial charge in [0, 0.05) is 12.4 Å². The molecule has 4 heteroatoms. The van der Waals surface area contributed by atoms with Gasteiger partial charge in [0.1, 0.15) is 22.8 Å². The highest BCUT2D eigenvalue weighted by atomic mass is 16.5. The van der Waals surface area contributed by atoms with Crippen LogP contribution in [0.25, 0.3) is 10.9 Å². The molecule has 0 spiro atoms. The van der Waals surface area contributed by atoms with E-state index in [-0.39, 0.29) is 0 Å². The molecular formula is C13H16N2O2. The molecule has 17 heavy (non-hydrogen) atoms. The number of hydrogen-bond acceptors (Lipinski definition) is 4. The Morgan fingerprint density at radius 2 is 1.76 bits per heavy atom. The molecule has 2 aromatic rings. The van der Waals surface area contributed by atoms with Crippen molar-refractivity contribution in [2.75, 3.05) is 26.6 Å². The number of methoxy groups -OCH3 is 2. The molecule has 1 aromatic heterocycles. The van der Waals surface area contributed by atoms with Gasteiger partial charge in [-0.05, 0) is 30.7 Å². The van der Waals surface area contributed by atoms with Gasteiger partial charge in [0.05, 0.1) is 14.2 Å². The Bertz CT molecular complexity index is 553. The number of aryl methyl sites for hydroxylation is 1. The molecule has 1 heterocycles. The fourth-order valence-electron chi connectivity index (χ4n) is 1.90. The van der Waals surface area contributed by atoms with Crippen LogP contribution in [0.2, 0.25) is 0 Å². The van der Waals surface area contributed by atoms with Crippen LogP contribution in [0.4, 0.5) is 5.82 Å². The number of anilines is 1. The highest BCUT2D eigenvalue weighted by Crippen LogP contribution is 2.33. The highest BCUT2D eigenvalue weighted by molar-refractivity contribution is 5.92. The molecule has 1 N–H and O–H groups in total. The summed E-state index contributed by atoms with van der Waals surface area (Å²) in [4.78, 5) is 4.56. The van der Waals surface area contributed by atoms with Crippen LogP contribution in [-0.4, -0.2) is 26.3 Å². The van der Waals surface area contributed by atoms with E-state index in [1.807, 2.05) is 26.1 Å². The fourth-order valence-corrected chi connectivity index (χ4v) is 1.90. The monoisotopic (exact) mass is 232 g/mol. The predicted octanol–water partition coefficient (Wildman–Crippen LogP) is 2.60. The topological polar surface area (TPSA) is 43.4 Å². The van der Waals surface area contributed by atoms with Gasteiger partial charge < -0.3 is 14.8 Å².